The number of alkyl carbamates (subject to hydrolysis) is 1. The molecule has 2 unspecified atom stereocenters. The van der Waals surface area contributed by atoms with E-state index < -0.39 is 18.1 Å². The third-order valence-electron chi connectivity index (χ3n) is 1.71. The number of amides is 1. The first-order valence-corrected chi connectivity index (χ1v) is 5.61. The number of ether oxygens (including phenoxy) is 1. The Morgan fingerprint density at radius 3 is 2.67 bits per heavy atom. The van der Waals surface area contributed by atoms with Gasteiger partial charge in [-0.05, 0) is 6.26 Å². The second kappa shape index (κ2) is 7.17. The second-order valence-corrected chi connectivity index (χ2v) is 4.00. The van der Waals surface area contributed by atoms with Crippen molar-refractivity contribution >= 4 is 23.8 Å². The fourth-order valence-corrected chi connectivity index (χ4v) is 1.28. The van der Waals surface area contributed by atoms with Crippen molar-refractivity contribution in [3.05, 3.63) is 12.7 Å². The molecule has 0 aromatic heterocycles. The van der Waals surface area contributed by atoms with E-state index in [9.17, 15) is 9.59 Å². The molecule has 0 saturated carbocycles. The maximum absolute atomic E-state index is 11.1. The predicted molar refractivity (Wildman–Crippen MR) is 59.1 cm³/mol. The standard InChI is InChI=1S/C9H15NO4S/c1-4-5-14-9(13)10-7(8(11)12)6(2)15-3/h4,6-7H,1,5H2,2-3H3,(H,10,13)(H,11,12). The SMILES string of the molecule is C=CCOC(=O)NC(C(=O)O)C(C)SC. The number of rotatable bonds is 6. The molecule has 1 amide bonds. The monoisotopic (exact) mass is 233 g/mol. The van der Waals surface area contributed by atoms with E-state index in [1.165, 1.54) is 17.8 Å². The molecule has 0 saturated heterocycles. The molecule has 0 aliphatic rings. The van der Waals surface area contributed by atoms with Gasteiger partial charge in [-0.15, -0.1) is 0 Å². The molecule has 5 nitrogen and oxygen atoms in total. The summed E-state index contributed by atoms with van der Waals surface area (Å²) in [6.45, 7) is 5.15. The van der Waals surface area contributed by atoms with Crippen LogP contribution in [0.25, 0.3) is 0 Å². The molecule has 0 aliphatic heterocycles. The Kier molecular flexibility index (Phi) is 6.61. The van der Waals surface area contributed by atoms with Gasteiger partial charge in [-0.3, -0.25) is 0 Å². The zero-order chi connectivity index (χ0) is 11.8. The summed E-state index contributed by atoms with van der Waals surface area (Å²) >= 11 is 1.36. The van der Waals surface area contributed by atoms with Crippen LogP contribution in [0.3, 0.4) is 0 Å². The van der Waals surface area contributed by atoms with E-state index in [1.54, 1.807) is 13.2 Å². The number of carboxylic acids is 1. The van der Waals surface area contributed by atoms with E-state index >= 15 is 0 Å². The van der Waals surface area contributed by atoms with Crippen LogP contribution in [0.5, 0.6) is 0 Å². The van der Waals surface area contributed by atoms with Gasteiger partial charge in [0.2, 0.25) is 0 Å². The van der Waals surface area contributed by atoms with Gasteiger partial charge in [0.15, 0.2) is 0 Å². The van der Waals surface area contributed by atoms with Gasteiger partial charge in [0, 0.05) is 5.25 Å². The van der Waals surface area contributed by atoms with Crippen molar-refractivity contribution in [1.82, 2.24) is 5.32 Å². The Balaban J connectivity index is 4.22. The van der Waals surface area contributed by atoms with Gasteiger partial charge < -0.3 is 15.2 Å². The van der Waals surface area contributed by atoms with Crippen molar-refractivity contribution in [2.45, 2.75) is 18.2 Å². The van der Waals surface area contributed by atoms with Gasteiger partial charge in [0.05, 0.1) is 0 Å². The van der Waals surface area contributed by atoms with Crippen LogP contribution in [-0.2, 0) is 9.53 Å². The molecule has 0 aliphatic carbocycles. The van der Waals surface area contributed by atoms with Crippen LogP contribution in [0.15, 0.2) is 12.7 Å². The van der Waals surface area contributed by atoms with Gasteiger partial charge in [-0.2, -0.15) is 11.8 Å². The minimum Gasteiger partial charge on any atom is -0.480 e. The molecule has 2 N–H and O–H groups in total. The summed E-state index contributed by atoms with van der Waals surface area (Å²) in [5.41, 5.74) is 0. The maximum atomic E-state index is 11.1. The molecule has 0 bridgehead atoms. The lowest BCUT2D eigenvalue weighted by atomic mass is 10.2. The average molecular weight is 233 g/mol. The van der Waals surface area contributed by atoms with E-state index in [0.29, 0.717) is 0 Å². The number of aliphatic carboxylic acids is 1. The molecule has 0 radical (unpaired) electrons. The Morgan fingerprint density at radius 1 is 1.67 bits per heavy atom. The molecule has 0 heterocycles. The lowest BCUT2D eigenvalue weighted by molar-refractivity contribution is -0.139. The summed E-state index contributed by atoms with van der Waals surface area (Å²) in [6.07, 6.45) is 2.44. The topological polar surface area (TPSA) is 75.6 Å². The summed E-state index contributed by atoms with van der Waals surface area (Å²) in [4.78, 5) is 21.9. The Hall–Kier alpha value is -1.17. The Morgan fingerprint density at radius 2 is 2.27 bits per heavy atom. The minimum absolute atomic E-state index is 0.0613. The summed E-state index contributed by atoms with van der Waals surface area (Å²) in [5.74, 6) is -1.08. The molecule has 15 heavy (non-hydrogen) atoms. The number of carbonyl (C=O) groups is 2. The number of carboxylic acid groups (broad SMARTS) is 1. The molecule has 2 atom stereocenters. The van der Waals surface area contributed by atoms with Crippen molar-refractivity contribution in [3.8, 4) is 0 Å². The summed E-state index contributed by atoms with van der Waals surface area (Å²) in [7, 11) is 0. The van der Waals surface area contributed by atoms with E-state index in [2.05, 4.69) is 16.6 Å². The van der Waals surface area contributed by atoms with Crippen molar-refractivity contribution in [2.24, 2.45) is 0 Å². The highest BCUT2D eigenvalue weighted by atomic mass is 32.2. The molecular weight excluding hydrogens is 218 g/mol. The van der Waals surface area contributed by atoms with E-state index in [0.717, 1.165) is 0 Å². The lowest BCUT2D eigenvalue weighted by Crippen LogP contribution is -2.46. The summed E-state index contributed by atoms with van der Waals surface area (Å²) in [6, 6.07) is -0.947. The minimum atomic E-state index is -1.08. The van der Waals surface area contributed by atoms with Crippen molar-refractivity contribution < 1.29 is 19.4 Å². The lowest BCUT2D eigenvalue weighted by Gasteiger charge is -2.18. The first-order valence-electron chi connectivity index (χ1n) is 4.32. The van der Waals surface area contributed by atoms with E-state index in [1.807, 2.05) is 0 Å². The van der Waals surface area contributed by atoms with Crippen molar-refractivity contribution in [1.29, 1.82) is 0 Å². The van der Waals surface area contributed by atoms with Gasteiger partial charge in [0.1, 0.15) is 12.6 Å². The van der Waals surface area contributed by atoms with Crippen molar-refractivity contribution in [3.63, 3.8) is 0 Å². The van der Waals surface area contributed by atoms with Crippen LogP contribution in [0, 0.1) is 0 Å². The highest BCUT2D eigenvalue weighted by Crippen LogP contribution is 2.10. The number of thioether (sulfide) groups is 1. The molecule has 0 aromatic carbocycles. The normalized spacial score (nSPS) is 13.7. The fourth-order valence-electron chi connectivity index (χ4n) is 0.819. The maximum Gasteiger partial charge on any atom is 0.408 e. The molecule has 0 fully saturated rings. The fraction of sp³-hybridized carbons (Fsp3) is 0.556. The number of nitrogens with one attached hydrogen (secondary N) is 1. The zero-order valence-corrected chi connectivity index (χ0v) is 9.54. The van der Waals surface area contributed by atoms with Crippen LogP contribution in [0.2, 0.25) is 0 Å². The van der Waals surface area contributed by atoms with Crippen LogP contribution in [-0.4, -0.2) is 41.3 Å². The third kappa shape index (κ3) is 5.31. The number of hydrogen-bond donors (Lipinski definition) is 2. The number of carbonyl (C=O) groups excluding carboxylic acids is 1. The van der Waals surface area contributed by atoms with Gasteiger partial charge in [-0.25, -0.2) is 9.59 Å². The van der Waals surface area contributed by atoms with Crippen LogP contribution in [0.4, 0.5) is 4.79 Å². The van der Waals surface area contributed by atoms with Crippen molar-refractivity contribution in [2.75, 3.05) is 12.9 Å². The van der Waals surface area contributed by atoms with Crippen LogP contribution >= 0.6 is 11.8 Å². The Bertz CT molecular complexity index is 244. The highest BCUT2D eigenvalue weighted by molar-refractivity contribution is 7.99. The van der Waals surface area contributed by atoms with E-state index in [-0.39, 0.29) is 11.9 Å². The molecule has 0 rings (SSSR count). The van der Waals surface area contributed by atoms with Gasteiger partial charge in [-0.1, -0.05) is 19.6 Å². The molecule has 0 aromatic rings. The van der Waals surface area contributed by atoms with Gasteiger partial charge in [0.25, 0.3) is 0 Å². The summed E-state index contributed by atoms with van der Waals surface area (Å²) < 4.78 is 4.63. The average Bonchev–Trinajstić information content (AvgIpc) is 2.21. The number of hydrogen-bond acceptors (Lipinski definition) is 4. The third-order valence-corrected chi connectivity index (χ3v) is 2.73. The molecule has 6 heteroatoms. The van der Waals surface area contributed by atoms with Gasteiger partial charge >= 0.3 is 12.1 Å². The second-order valence-electron chi connectivity index (χ2n) is 2.79. The largest absolute Gasteiger partial charge is 0.480 e. The van der Waals surface area contributed by atoms with E-state index in [4.69, 9.17) is 5.11 Å². The van der Waals surface area contributed by atoms with Crippen LogP contribution < -0.4 is 5.32 Å². The Labute approximate surface area is 92.9 Å². The first-order chi connectivity index (χ1) is 7.02. The molecular formula is C9H15NO4S. The zero-order valence-electron chi connectivity index (χ0n) is 8.73. The highest BCUT2D eigenvalue weighted by Gasteiger charge is 2.26. The predicted octanol–water partition coefficient (Wildman–Crippen LogP) is 1.10. The smallest absolute Gasteiger partial charge is 0.408 e. The quantitative estimate of drug-likeness (QED) is 0.672. The molecule has 86 valence electrons. The summed E-state index contributed by atoms with van der Waals surface area (Å²) in [5, 5.41) is 10.9. The van der Waals surface area contributed by atoms with Crippen LogP contribution in [0.1, 0.15) is 6.92 Å². The molecule has 0 spiro atoms. The first kappa shape index (κ1) is 13.8.